The number of nitrogens with zero attached hydrogens (tertiary/aromatic N) is 1. The maximum absolute atomic E-state index is 13.8. The molecule has 0 spiro atoms. The average Bonchev–Trinajstić information content (AvgIpc) is 2.65. The Kier molecular flexibility index (Phi) is 8.10. The van der Waals surface area contributed by atoms with Gasteiger partial charge in [-0.1, -0.05) is 35.9 Å². The third-order valence-electron chi connectivity index (χ3n) is 4.21. The minimum absolute atomic E-state index is 0.103. The van der Waals surface area contributed by atoms with Crippen LogP contribution in [0.3, 0.4) is 0 Å². The molecule has 12 heteroatoms. The number of anilines is 1. The third-order valence-corrected chi connectivity index (χ3v) is 6.00. The molecule has 0 aliphatic heterocycles. The van der Waals surface area contributed by atoms with Crippen molar-refractivity contribution in [3.05, 3.63) is 52.5 Å². The Morgan fingerprint density at radius 2 is 1.81 bits per heavy atom. The van der Waals surface area contributed by atoms with E-state index < -0.39 is 33.3 Å². The van der Waals surface area contributed by atoms with E-state index in [0.29, 0.717) is 5.56 Å². The van der Waals surface area contributed by atoms with Crippen molar-refractivity contribution >= 4 is 39.1 Å². The topological polar surface area (TPSA) is 94.0 Å². The minimum atomic E-state index is -4.68. The van der Waals surface area contributed by atoms with Crippen LogP contribution in [0.15, 0.2) is 36.4 Å². The molecule has 2 atom stereocenters. The van der Waals surface area contributed by atoms with E-state index in [9.17, 15) is 21.6 Å². The number of alkyl halides is 3. The fourth-order valence-electron chi connectivity index (χ4n) is 2.90. The highest BCUT2D eigenvalue weighted by Gasteiger charge is 2.35. The maximum Gasteiger partial charge on any atom is 0.417 e. The Bertz CT molecular complexity index is 1070. The van der Waals surface area contributed by atoms with Gasteiger partial charge in [-0.25, -0.2) is 13.1 Å². The Labute approximate surface area is 188 Å². The number of nitriles is 1. The van der Waals surface area contributed by atoms with Crippen LogP contribution in [0, 0.1) is 11.5 Å². The summed E-state index contributed by atoms with van der Waals surface area (Å²) >= 11 is 7.44. The molecule has 2 aromatic carbocycles. The highest BCUT2D eigenvalue weighted by atomic mass is 35.5. The molecule has 0 radical (unpaired) electrons. The summed E-state index contributed by atoms with van der Waals surface area (Å²) in [5.74, 6) is 0. The Morgan fingerprint density at radius 1 is 1.19 bits per heavy atom. The van der Waals surface area contributed by atoms with Crippen molar-refractivity contribution in [2.75, 3.05) is 17.8 Å². The van der Waals surface area contributed by atoms with E-state index in [1.807, 2.05) is 0 Å². The average molecular weight is 493 g/mol. The van der Waals surface area contributed by atoms with Gasteiger partial charge in [-0.3, -0.25) is 5.32 Å². The van der Waals surface area contributed by atoms with Gasteiger partial charge in [0.25, 0.3) is 0 Å². The van der Waals surface area contributed by atoms with Gasteiger partial charge >= 0.3 is 6.18 Å². The second-order valence-electron chi connectivity index (χ2n) is 6.63. The molecule has 0 amide bonds. The van der Waals surface area contributed by atoms with Gasteiger partial charge in [-0.05, 0) is 36.4 Å². The highest BCUT2D eigenvalue weighted by Crippen LogP contribution is 2.43. The quantitative estimate of drug-likeness (QED) is 0.279. The minimum Gasteiger partial charge on any atom is -0.356 e. The van der Waals surface area contributed by atoms with E-state index in [2.05, 4.69) is 15.4 Å². The molecule has 0 fully saturated rings. The van der Waals surface area contributed by atoms with E-state index in [-0.39, 0.29) is 21.8 Å². The monoisotopic (exact) mass is 492 g/mol. The first kappa shape index (κ1) is 25.1. The number of thioether (sulfide) groups is 1. The SMILES string of the molecule is CSC(NC#N)Nc1cc(Cl)c(-c2ccc([C@@H](C)NS(C)(=O)=O)cc2)c(C(F)(F)F)c1. The summed E-state index contributed by atoms with van der Waals surface area (Å²) in [5.41, 5.74) is -0.835. The van der Waals surface area contributed by atoms with Crippen LogP contribution in [-0.2, 0) is 16.2 Å². The van der Waals surface area contributed by atoms with Gasteiger partial charge in [-0.2, -0.15) is 18.4 Å². The van der Waals surface area contributed by atoms with E-state index in [1.165, 1.54) is 30.0 Å². The zero-order valence-electron chi connectivity index (χ0n) is 16.7. The first-order chi connectivity index (χ1) is 14.4. The molecule has 1 unspecified atom stereocenters. The lowest BCUT2D eigenvalue weighted by Crippen LogP contribution is -2.29. The number of benzene rings is 2. The van der Waals surface area contributed by atoms with Crippen LogP contribution in [0.4, 0.5) is 18.9 Å². The predicted octanol–water partition coefficient (Wildman–Crippen LogP) is 4.77. The largest absolute Gasteiger partial charge is 0.417 e. The van der Waals surface area contributed by atoms with E-state index in [0.717, 1.165) is 12.3 Å². The van der Waals surface area contributed by atoms with E-state index in [1.54, 1.807) is 31.5 Å². The predicted molar refractivity (Wildman–Crippen MR) is 118 cm³/mol. The standard InChI is InChI=1S/C19H20ClF3N4O2S2/c1-11(27-31(3,28)29)12-4-6-13(7-5-12)17-15(19(21,22)23)8-14(9-16(17)20)26-18(30-2)25-10-24/h4-9,11,18,25-27H,1-3H3/t11-,18?/m1/s1. The van der Waals surface area contributed by atoms with Gasteiger partial charge in [-0.15, -0.1) is 11.8 Å². The number of nitrogens with one attached hydrogen (secondary N) is 3. The molecule has 0 saturated carbocycles. The third kappa shape index (κ3) is 6.93. The second kappa shape index (κ2) is 9.99. The van der Waals surface area contributed by atoms with Crippen LogP contribution >= 0.6 is 23.4 Å². The van der Waals surface area contributed by atoms with Gasteiger partial charge in [0.2, 0.25) is 10.0 Å². The number of sulfonamides is 1. The normalized spacial score (nSPS) is 13.9. The summed E-state index contributed by atoms with van der Waals surface area (Å²) in [5, 5.41) is 13.8. The summed E-state index contributed by atoms with van der Waals surface area (Å²) in [6.07, 6.45) is -0.241. The van der Waals surface area contributed by atoms with Gasteiger partial charge in [0.1, 0.15) is 0 Å². The van der Waals surface area contributed by atoms with Crippen LogP contribution < -0.4 is 15.4 Å². The molecule has 6 nitrogen and oxygen atoms in total. The van der Waals surface area contributed by atoms with Gasteiger partial charge in [0, 0.05) is 17.3 Å². The van der Waals surface area contributed by atoms with Crippen molar-refractivity contribution in [2.45, 2.75) is 24.6 Å². The van der Waals surface area contributed by atoms with Gasteiger partial charge in [0.15, 0.2) is 11.7 Å². The molecule has 2 rings (SSSR count). The molecular formula is C19H20ClF3N4O2S2. The van der Waals surface area contributed by atoms with Crippen molar-refractivity contribution in [3.63, 3.8) is 0 Å². The number of halogens is 4. The van der Waals surface area contributed by atoms with Crippen LogP contribution in [0.25, 0.3) is 11.1 Å². The lowest BCUT2D eigenvalue weighted by molar-refractivity contribution is -0.137. The smallest absolute Gasteiger partial charge is 0.356 e. The molecule has 2 aromatic rings. The van der Waals surface area contributed by atoms with Crippen molar-refractivity contribution in [1.29, 1.82) is 5.26 Å². The number of rotatable bonds is 8. The summed E-state index contributed by atoms with van der Waals surface area (Å²) in [7, 11) is -3.44. The van der Waals surface area contributed by atoms with Gasteiger partial charge in [0.05, 0.1) is 16.8 Å². The van der Waals surface area contributed by atoms with Crippen LogP contribution in [0.1, 0.15) is 24.1 Å². The van der Waals surface area contributed by atoms with Crippen molar-refractivity contribution < 1.29 is 21.6 Å². The molecule has 3 N–H and O–H groups in total. The first-order valence-corrected chi connectivity index (χ1v) is 12.3. The zero-order chi connectivity index (χ0) is 23.4. The summed E-state index contributed by atoms with van der Waals surface area (Å²) < 4.78 is 66.6. The van der Waals surface area contributed by atoms with Crippen LogP contribution in [0.5, 0.6) is 0 Å². The second-order valence-corrected chi connectivity index (χ2v) is 9.76. The van der Waals surface area contributed by atoms with E-state index in [4.69, 9.17) is 16.9 Å². The van der Waals surface area contributed by atoms with Crippen molar-refractivity contribution in [1.82, 2.24) is 10.0 Å². The molecule has 0 saturated heterocycles. The molecule has 31 heavy (non-hydrogen) atoms. The fourth-order valence-corrected chi connectivity index (χ4v) is 4.43. The van der Waals surface area contributed by atoms with Crippen LogP contribution in [-0.4, -0.2) is 26.4 Å². The Morgan fingerprint density at radius 3 is 2.29 bits per heavy atom. The fraction of sp³-hybridized carbons (Fsp3) is 0.316. The summed E-state index contributed by atoms with van der Waals surface area (Å²) in [6.45, 7) is 1.63. The number of hydrogen-bond donors (Lipinski definition) is 3. The molecule has 0 aromatic heterocycles. The molecule has 168 valence electrons. The Hall–Kier alpha value is -2.13. The molecule has 0 aliphatic carbocycles. The lowest BCUT2D eigenvalue weighted by Gasteiger charge is -2.21. The van der Waals surface area contributed by atoms with Crippen LogP contribution in [0.2, 0.25) is 5.02 Å². The van der Waals surface area contributed by atoms with Crippen molar-refractivity contribution in [3.8, 4) is 17.3 Å². The van der Waals surface area contributed by atoms with Crippen molar-refractivity contribution in [2.24, 2.45) is 0 Å². The summed E-state index contributed by atoms with van der Waals surface area (Å²) in [6, 6.07) is 7.75. The number of hydrogen-bond acceptors (Lipinski definition) is 6. The lowest BCUT2D eigenvalue weighted by atomic mass is 9.96. The first-order valence-electron chi connectivity index (χ1n) is 8.78. The van der Waals surface area contributed by atoms with E-state index >= 15 is 0 Å². The van der Waals surface area contributed by atoms with Gasteiger partial charge < -0.3 is 5.32 Å². The molecule has 0 aliphatic rings. The molecule has 0 bridgehead atoms. The molecule has 0 heterocycles. The Balaban J connectivity index is 2.47. The summed E-state index contributed by atoms with van der Waals surface area (Å²) in [4.78, 5) is 0. The molecular weight excluding hydrogens is 473 g/mol. The maximum atomic E-state index is 13.8. The zero-order valence-corrected chi connectivity index (χ0v) is 19.1. The highest BCUT2D eigenvalue weighted by molar-refractivity contribution is 7.99.